The number of carbonyl (C=O) groups is 1. The standard InChI is InChI=1S/C19H17N3O3/c1-12-8-9-15(16(23)10-12)11-20-21-19(24)17-13(2)25-22-18(17)14-6-4-3-5-7-14/h3-11,23H,1-2H3,(H,21,24)/b20-11+. The minimum absolute atomic E-state index is 0.101. The van der Waals surface area contributed by atoms with E-state index >= 15 is 0 Å². The third-order valence-corrected chi connectivity index (χ3v) is 3.69. The van der Waals surface area contributed by atoms with Gasteiger partial charge < -0.3 is 9.63 Å². The number of phenolic OH excluding ortho intramolecular Hbond substituents is 1. The van der Waals surface area contributed by atoms with Crippen molar-refractivity contribution in [1.29, 1.82) is 0 Å². The predicted molar refractivity (Wildman–Crippen MR) is 94.6 cm³/mol. The normalized spacial score (nSPS) is 11.0. The minimum Gasteiger partial charge on any atom is -0.507 e. The first-order chi connectivity index (χ1) is 12.1. The van der Waals surface area contributed by atoms with Crippen LogP contribution in [-0.2, 0) is 0 Å². The Kier molecular flexibility index (Phi) is 4.61. The highest BCUT2D eigenvalue weighted by Crippen LogP contribution is 2.24. The number of nitrogens with one attached hydrogen (secondary N) is 1. The average molecular weight is 335 g/mol. The number of carbonyl (C=O) groups excluding carboxylic acids is 1. The first-order valence-electron chi connectivity index (χ1n) is 7.71. The number of hydrogen-bond donors (Lipinski definition) is 2. The SMILES string of the molecule is Cc1ccc(/C=N/NC(=O)c2c(-c3ccccc3)noc2C)c(O)c1. The predicted octanol–water partition coefficient (Wildman–Crippen LogP) is 3.43. The van der Waals surface area contributed by atoms with Crippen LogP contribution in [0.5, 0.6) is 5.75 Å². The van der Waals surface area contributed by atoms with Crippen molar-refractivity contribution in [1.82, 2.24) is 10.6 Å². The first-order valence-corrected chi connectivity index (χ1v) is 7.71. The second-order valence-corrected chi connectivity index (χ2v) is 5.59. The Morgan fingerprint density at radius 1 is 1.20 bits per heavy atom. The van der Waals surface area contributed by atoms with Crippen molar-refractivity contribution >= 4 is 12.1 Å². The molecule has 3 rings (SSSR count). The van der Waals surface area contributed by atoms with E-state index < -0.39 is 5.91 Å². The summed E-state index contributed by atoms with van der Waals surface area (Å²) in [5.41, 5.74) is 5.47. The number of phenols is 1. The number of aromatic nitrogens is 1. The summed E-state index contributed by atoms with van der Waals surface area (Å²) in [5, 5.41) is 17.7. The number of hydrazone groups is 1. The minimum atomic E-state index is -0.430. The summed E-state index contributed by atoms with van der Waals surface area (Å²) < 4.78 is 5.17. The fourth-order valence-electron chi connectivity index (χ4n) is 2.41. The summed E-state index contributed by atoms with van der Waals surface area (Å²) in [4.78, 5) is 12.5. The second kappa shape index (κ2) is 7.00. The summed E-state index contributed by atoms with van der Waals surface area (Å²) in [5.74, 6) is 0.0781. The van der Waals surface area contributed by atoms with Crippen LogP contribution < -0.4 is 5.43 Å². The molecule has 0 radical (unpaired) electrons. The van der Waals surface area contributed by atoms with Crippen LogP contribution in [0, 0.1) is 13.8 Å². The molecule has 1 amide bonds. The lowest BCUT2D eigenvalue weighted by Gasteiger charge is -2.02. The van der Waals surface area contributed by atoms with Crippen LogP contribution in [0.15, 0.2) is 58.2 Å². The number of benzene rings is 2. The van der Waals surface area contributed by atoms with Crippen LogP contribution in [0.1, 0.15) is 27.2 Å². The molecule has 0 aliphatic heterocycles. The highest BCUT2D eigenvalue weighted by molar-refractivity contribution is 6.01. The lowest BCUT2D eigenvalue weighted by atomic mass is 10.1. The number of hydrogen-bond acceptors (Lipinski definition) is 5. The third kappa shape index (κ3) is 3.58. The number of rotatable bonds is 4. The molecule has 2 aromatic carbocycles. The Hall–Kier alpha value is -3.41. The summed E-state index contributed by atoms with van der Waals surface area (Å²) in [6, 6.07) is 14.5. The maximum atomic E-state index is 12.5. The molecule has 0 unspecified atom stereocenters. The Morgan fingerprint density at radius 3 is 2.68 bits per heavy atom. The van der Waals surface area contributed by atoms with Gasteiger partial charge in [0.15, 0.2) is 0 Å². The third-order valence-electron chi connectivity index (χ3n) is 3.69. The van der Waals surface area contributed by atoms with E-state index in [1.807, 2.05) is 43.3 Å². The zero-order valence-corrected chi connectivity index (χ0v) is 13.9. The summed E-state index contributed by atoms with van der Waals surface area (Å²) in [7, 11) is 0. The topological polar surface area (TPSA) is 87.7 Å². The van der Waals surface area contributed by atoms with Gasteiger partial charge in [-0.05, 0) is 31.5 Å². The zero-order chi connectivity index (χ0) is 17.8. The maximum Gasteiger partial charge on any atom is 0.277 e. The maximum absolute atomic E-state index is 12.5. The van der Waals surface area contributed by atoms with Gasteiger partial charge in [0, 0.05) is 11.1 Å². The van der Waals surface area contributed by atoms with E-state index in [0.29, 0.717) is 22.6 Å². The van der Waals surface area contributed by atoms with Gasteiger partial charge in [0.2, 0.25) is 0 Å². The van der Waals surface area contributed by atoms with Crippen LogP contribution in [0.2, 0.25) is 0 Å². The second-order valence-electron chi connectivity index (χ2n) is 5.59. The molecule has 0 aliphatic rings. The summed E-state index contributed by atoms with van der Waals surface area (Å²) in [6.45, 7) is 3.55. The van der Waals surface area contributed by atoms with Gasteiger partial charge in [-0.15, -0.1) is 0 Å². The molecule has 6 nitrogen and oxygen atoms in total. The van der Waals surface area contributed by atoms with E-state index in [4.69, 9.17) is 4.52 Å². The van der Waals surface area contributed by atoms with E-state index in [0.717, 1.165) is 11.1 Å². The Balaban J connectivity index is 1.80. The van der Waals surface area contributed by atoms with E-state index in [-0.39, 0.29) is 5.75 Å². The zero-order valence-electron chi connectivity index (χ0n) is 13.9. The van der Waals surface area contributed by atoms with Gasteiger partial charge in [0.05, 0.1) is 6.21 Å². The van der Waals surface area contributed by atoms with Crippen LogP contribution in [0.25, 0.3) is 11.3 Å². The largest absolute Gasteiger partial charge is 0.507 e. The molecule has 3 aromatic rings. The van der Waals surface area contributed by atoms with Gasteiger partial charge in [-0.25, -0.2) is 5.43 Å². The Bertz CT molecular complexity index is 930. The number of nitrogens with zero attached hydrogens (tertiary/aromatic N) is 2. The molecule has 1 heterocycles. The van der Waals surface area contributed by atoms with Gasteiger partial charge in [-0.2, -0.15) is 5.10 Å². The summed E-state index contributed by atoms with van der Waals surface area (Å²) >= 11 is 0. The molecular weight excluding hydrogens is 318 g/mol. The lowest BCUT2D eigenvalue weighted by Crippen LogP contribution is -2.18. The van der Waals surface area contributed by atoms with Crippen LogP contribution in [-0.4, -0.2) is 22.4 Å². The van der Waals surface area contributed by atoms with Gasteiger partial charge in [0.25, 0.3) is 5.91 Å². The smallest absolute Gasteiger partial charge is 0.277 e. The van der Waals surface area contributed by atoms with Crippen molar-refractivity contribution in [3.8, 4) is 17.0 Å². The van der Waals surface area contributed by atoms with E-state index in [1.165, 1.54) is 6.21 Å². The highest BCUT2D eigenvalue weighted by atomic mass is 16.5. The molecule has 1 aromatic heterocycles. The van der Waals surface area contributed by atoms with Crippen molar-refractivity contribution in [2.75, 3.05) is 0 Å². The van der Waals surface area contributed by atoms with Crippen molar-refractivity contribution in [3.05, 3.63) is 71.0 Å². The summed E-state index contributed by atoms with van der Waals surface area (Å²) in [6.07, 6.45) is 1.39. The molecule has 0 fully saturated rings. The quantitative estimate of drug-likeness (QED) is 0.565. The molecule has 6 heteroatoms. The molecule has 0 saturated carbocycles. The van der Waals surface area contributed by atoms with Crippen LogP contribution >= 0.6 is 0 Å². The lowest BCUT2D eigenvalue weighted by molar-refractivity contribution is 0.0954. The van der Waals surface area contributed by atoms with Gasteiger partial charge in [-0.3, -0.25) is 4.79 Å². The Labute approximate surface area is 144 Å². The fraction of sp³-hybridized carbons (Fsp3) is 0.105. The number of amides is 1. The molecule has 2 N–H and O–H groups in total. The average Bonchev–Trinajstić information content (AvgIpc) is 2.99. The number of aryl methyl sites for hydroxylation is 2. The first kappa shape index (κ1) is 16.4. The van der Waals surface area contributed by atoms with Crippen molar-refractivity contribution in [3.63, 3.8) is 0 Å². The van der Waals surface area contributed by atoms with Crippen molar-refractivity contribution in [2.24, 2.45) is 5.10 Å². The monoisotopic (exact) mass is 335 g/mol. The van der Waals surface area contributed by atoms with Gasteiger partial charge >= 0.3 is 0 Å². The van der Waals surface area contributed by atoms with Gasteiger partial charge in [-0.1, -0.05) is 41.6 Å². The molecule has 25 heavy (non-hydrogen) atoms. The molecule has 0 saturated heterocycles. The van der Waals surface area contributed by atoms with E-state index in [9.17, 15) is 9.90 Å². The Morgan fingerprint density at radius 2 is 1.96 bits per heavy atom. The molecule has 126 valence electrons. The van der Waals surface area contributed by atoms with Gasteiger partial charge in [0.1, 0.15) is 22.8 Å². The van der Waals surface area contributed by atoms with Crippen molar-refractivity contribution in [2.45, 2.75) is 13.8 Å². The number of aromatic hydroxyl groups is 1. The molecule has 0 spiro atoms. The molecular formula is C19H17N3O3. The van der Waals surface area contributed by atoms with Crippen LogP contribution in [0.4, 0.5) is 0 Å². The van der Waals surface area contributed by atoms with E-state index in [1.54, 1.807) is 19.1 Å². The van der Waals surface area contributed by atoms with Crippen molar-refractivity contribution < 1.29 is 14.4 Å². The van der Waals surface area contributed by atoms with E-state index in [2.05, 4.69) is 15.7 Å². The highest BCUT2D eigenvalue weighted by Gasteiger charge is 2.21. The molecule has 0 aliphatic carbocycles. The fourth-order valence-corrected chi connectivity index (χ4v) is 2.41. The van der Waals surface area contributed by atoms with Crippen LogP contribution in [0.3, 0.4) is 0 Å². The molecule has 0 atom stereocenters. The molecule has 0 bridgehead atoms.